The fraction of sp³-hybridized carbons (Fsp3) is 0.214. The lowest BCUT2D eigenvalue weighted by molar-refractivity contribution is 0.312. The molecule has 3 aliphatic heterocycles. The van der Waals surface area contributed by atoms with Crippen molar-refractivity contribution in [3.63, 3.8) is 0 Å². The van der Waals surface area contributed by atoms with Crippen LogP contribution in [0.5, 0.6) is 0 Å². The van der Waals surface area contributed by atoms with E-state index in [0.717, 1.165) is 19.3 Å². The van der Waals surface area contributed by atoms with E-state index in [4.69, 9.17) is 31.4 Å². The van der Waals surface area contributed by atoms with Gasteiger partial charge in [-0.15, -0.1) is 0 Å². The van der Waals surface area contributed by atoms with Crippen LogP contribution >= 0.6 is 0 Å². The van der Waals surface area contributed by atoms with E-state index in [2.05, 4.69) is 142 Å². The van der Waals surface area contributed by atoms with Crippen LogP contribution in [0.15, 0.2) is 142 Å². The number of ether oxygens (including phenoxy) is 3. The van der Waals surface area contributed by atoms with E-state index < -0.39 is 0 Å². The van der Waals surface area contributed by atoms with Gasteiger partial charge in [0, 0.05) is 0 Å². The van der Waals surface area contributed by atoms with Crippen LogP contribution in [0.1, 0.15) is 16.7 Å². The Morgan fingerprint density at radius 3 is 1.31 bits per heavy atom. The highest BCUT2D eigenvalue weighted by Gasteiger charge is 2.19. The van der Waals surface area contributed by atoms with E-state index in [0.29, 0.717) is 37.9 Å². The number of rotatable bonds is 6. The average molecular weight is 679 g/mol. The van der Waals surface area contributed by atoms with Crippen LogP contribution < -0.4 is 17.2 Å². The lowest BCUT2D eigenvalue weighted by atomic mass is 9.99. The number of aliphatic imine (C=N–C) groups is 3. The normalized spacial score (nSPS) is 19.1. The molecule has 9 heteroatoms. The van der Waals surface area contributed by atoms with Gasteiger partial charge in [0.15, 0.2) is 0 Å². The van der Waals surface area contributed by atoms with E-state index in [9.17, 15) is 0 Å². The largest absolute Gasteiger partial charge is 0.463 e. The molecule has 0 amide bonds. The van der Waals surface area contributed by atoms with Gasteiger partial charge < -0.3 is 31.4 Å². The third kappa shape index (κ3) is 8.56. The van der Waals surface area contributed by atoms with Crippen LogP contribution in [0.2, 0.25) is 0 Å². The summed E-state index contributed by atoms with van der Waals surface area (Å²) in [5.74, 6) is 0. The number of amidine groups is 3. The molecule has 9 rings (SSSR count). The van der Waals surface area contributed by atoms with Gasteiger partial charge in [0.25, 0.3) is 18.1 Å². The summed E-state index contributed by atoms with van der Waals surface area (Å²) in [6.07, 6.45) is 2.63. The van der Waals surface area contributed by atoms with Crippen LogP contribution in [0.3, 0.4) is 0 Å². The molecule has 3 atom stereocenters. The summed E-state index contributed by atoms with van der Waals surface area (Å²) in [4.78, 5) is 12.8. The van der Waals surface area contributed by atoms with Crippen molar-refractivity contribution in [2.24, 2.45) is 32.2 Å². The molecule has 0 aliphatic carbocycles. The minimum atomic E-state index is 0.154. The molecule has 3 aliphatic rings. The predicted molar refractivity (Wildman–Crippen MR) is 207 cm³/mol. The first-order chi connectivity index (χ1) is 25.0. The fourth-order valence-electron chi connectivity index (χ4n) is 6.71. The van der Waals surface area contributed by atoms with Crippen LogP contribution in [0.25, 0.3) is 32.3 Å². The van der Waals surface area contributed by atoms with Crippen molar-refractivity contribution >= 4 is 50.4 Å². The van der Waals surface area contributed by atoms with Gasteiger partial charge >= 0.3 is 0 Å². The Labute approximate surface area is 297 Å². The van der Waals surface area contributed by atoms with Gasteiger partial charge in [-0.25, -0.2) is 15.0 Å². The number of hydrogen-bond donors (Lipinski definition) is 3. The summed E-state index contributed by atoms with van der Waals surface area (Å²) < 4.78 is 15.5. The molecule has 51 heavy (non-hydrogen) atoms. The van der Waals surface area contributed by atoms with E-state index in [1.54, 1.807) is 0 Å². The van der Waals surface area contributed by atoms with Crippen molar-refractivity contribution in [3.8, 4) is 0 Å². The predicted octanol–water partition coefficient (Wildman–Crippen LogP) is 6.29. The van der Waals surface area contributed by atoms with Crippen LogP contribution in [-0.4, -0.2) is 56.0 Å². The Morgan fingerprint density at radius 2 is 0.843 bits per heavy atom. The average Bonchev–Trinajstić information content (AvgIpc) is 3.89. The summed E-state index contributed by atoms with van der Waals surface area (Å²) in [6.45, 7) is 1.78. The van der Waals surface area contributed by atoms with E-state index in [1.165, 1.54) is 49.0 Å². The molecule has 9 nitrogen and oxygen atoms in total. The molecule has 0 radical (unpaired) electrons. The Hall–Kier alpha value is -6.09. The van der Waals surface area contributed by atoms with Crippen molar-refractivity contribution < 1.29 is 14.2 Å². The van der Waals surface area contributed by atoms with E-state index in [1.807, 2.05) is 0 Å². The van der Waals surface area contributed by atoms with Crippen LogP contribution in [0, 0.1) is 0 Å². The monoisotopic (exact) mass is 678 g/mol. The molecule has 0 bridgehead atoms. The van der Waals surface area contributed by atoms with Gasteiger partial charge in [-0.05, 0) is 68.3 Å². The second-order valence-corrected chi connectivity index (χ2v) is 12.9. The zero-order chi connectivity index (χ0) is 35.0. The zero-order valence-corrected chi connectivity index (χ0v) is 28.4. The Morgan fingerprint density at radius 1 is 0.431 bits per heavy atom. The molecule has 6 aromatic rings. The van der Waals surface area contributed by atoms with Gasteiger partial charge in [0.1, 0.15) is 19.8 Å². The summed E-state index contributed by atoms with van der Waals surface area (Å²) >= 11 is 0. The van der Waals surface area contributed by atoms with Crippen molar-refractivity contribution in [2.75, 3.05) is 19.8 Å². The second-order valence-electron chi connectivity index (χ2n) is 12.9. The van der Waals surface area contributed by atoms with Crippen molar-refractivity contribution in [3.05, 3.63) is 144 Å². The number of nitrogens with zero attached hydrogens (tertiary/aromatic N) is 3. The SMILES string of the molecule is NC1=N[C@@H](Cc2ccc3ccccc3c2)CO1.NC1=N[C@@H](Cc2cccc3ccccc23)CO1.NC1=N[C@H](Cc2cccc3ccccc23)CO1. The van der Waals surface area contributed by atoms with Gasteiger partial charge in [-0.2, -0.15) is 0 Å². The number of nitrogens with two attached hydrogens (primary N) is 3. The number of hydrogen-bond acceptors (Lipinski definition) is 9. The first-order valence-electron chi connectivity index (χ1n) is 17.3. The van der Waals surface area contributed by atoms with Gasteiger partial charge in [0.2, 0.25) is 0 Å². The lowest BCUT2D eigenvalue weighted by Crippen LogP contribution is -2.11. The highest BCUT2D eigenvalue weighted by Crippen LogP contribution is 2.23. The molecular weight excluding hydrogens is 637 g/mol. The molecule has 3 heterocycles. The molecular formula is C42H42N6O3. The Bertz CT molecular complexity index is 2110. The fourth-order valence-corrected chi connectivity index (χ4v) is 6.71. The maximum absolute atomic E-state index is 5.52. The maximum Gasteiger partial charge on any atom is 0.282 e. The zero-order valence-electron chi connectivity index (χ0n) is 28.4. The van der Waals surface area contributed by atoms with Gasteiger partial charge in [-0.1, -0.05) is 127 Å². The quantitative estimate of drug-likeness (QED) is 0.189. The van der Waals surface area contributed by atoms with Crippen molar-refractivity contribution in [1.82, 2.24) is 0 Å². The summed E-state index contributed by atoms with van der Waals surface area (Å²) in [5, 5.41) is 7.64. The summed E-state index contributed by atoms with van der Waals surface area (Å²) in [7, 11) is 0. The van der Waals surface area contributed by atoms with Gasteiger partial charge in [0.05, 0.1) is 18.1 Å². The van der Waals surface area contributed by atoms with Crippen molar-refractivity contribution in [1.29, 1.82) is 0 Å². The Kier molecular flexibility index (Phi) is 10.2. The molecule has 0 aromatic heterocycles. The minimum Gasteiger partial charge on any atom is -0.463 e. The van der Waals surface area contributed by atoms with Crippen LogP contribution in [-0.2, 0) is 33.5 Å². The van der Waals surface area contributed by atoms with E-state index in [-0.39, 0.29) is 18.1 Å². The summed E-state index contributed by atoms with van der Waals surface area (Å²) in [6, 6.07) is 45.8. The maximum atomic E-state index is 5.52. The molecule has 0 unspecified atom stereocenters. The van der Waals surface area contributed by atoms with Crippen molar-refractivity contribution in [2.45, 2.75) is 37.4 Å². The molecule has 0 fully saturated rings. The highest BCUT2D eigenvalue weighted by molar-refractivity contribution is 5.87. The molecule has 0 spiro atoms. The first kappa shape index (κ1) is 33.4. The summed E-state index contributed by atoms with van der Waals surface area (Å²) in [5.41, 5.74) is 20.4. The van der Waals surface area contributed by atoms with Gasteiger partial charge in [-0.3, -0.25) is 0 Å². The lowest BCUT2D eigenvalue weighted by Gasteiger charge is -2.08. The minimum absolute atomic E-state index is 0.154. The molecule has 258 valence electrons. The Balaban J connectivity index is 0.000000119. The number of benzene rings is 6. The molecule has 6 N–H and O–H groups in total. The second kappa shape index (κ2) is 15.6. The highest BCUT2D eigenvalue weighted by atomic mass is 16.5. The third-order valence-corrected chi connectivity index (χ3v) is 9.16. The first-order valence-corrected chi connectivity index (χ1v) is 17.3. The molecule has 6 aromatic carbocycles. The van der Waals surface area contributed by atoms with Crippen LogP contribution in [0.4, 0.5) is 0 Å². The topological polar surface area (TPSA) is 143 Å². The number of fused-ring (bicyclic) bond motifs is 3. The standard InChI is InChI=1S/3C14H14N2O/c2*15-14-16-12(9-17-14)8-11-6-3-5-10-4-1-2-7-13(10)11;15-14-16-13(9-17-14)8-10-5-6-11-3-1-2-4-12(11)7-10/h2*1-7,12H,8-9H2,(H2,15,16);1-7,13H,8-9H2,(H2,15,16)/t2*12-;13-/m100/s1. The third-order valence-electron chi connectivity index (χ3n) is 9.16. The molecule has 0 saturated carbocycles. The smallest absolute Gasteiger partial charge is 0.282 e. The van der Waals surface area contributed by atoms with E-state index >= 15 is 0 Å². The molecule has 0 saturated heterocycles.